The molecule has 0 radical (unpaired) electrons. The molecule has 1 aromatic carbocycles. The number of phosphoric ester groups is 1. The molecule has 1 saturated heterocycles. The number of hydrogen-bond acceptors (Lipinski definition) is 7. The molecule has 0 amide bonds. The van der Waals surface area contributed by atoms with E-state index < -0.39 is 44.9 Å². The van der Waals surface area contributed by atoms with Gasteiger partial charge in [0.05, 0.1) is 19.3 Å². The van der Waals surface area contributed by atoms with E-state index in [9.17, 15) is 19.9 Å². The van der Waals surface area contributed by atoms with Gasteiger partial charge in [-0.1, -0.05) is 25.1 Å². The number of para-hydroxylation sites is 1. The van der Waals surface area contributed by atoms with Crippen molar-refractivity contribution in [2.75, 3.05) is 6.61 Å². The highest BCUT2D eigenvalue weighted by molar-refractivity contribution is 7.46. The largest absolute Gasteiger partial charge is 0.469 e. The average Bonchev–Trinajstić information content (AvgIpc) is 2.54. The first kappa shape index (κ1) is 19.3. The Morgan fingerprint density at radius 2 is 1.88 bits per heavy atom. The van der Waals surface area contributed by atoms with E-state index in [1.165, 1.54) is 0 Å². The van der Waals surface area contributed by atoms with Crippen LogP contribution in [0, 0.1) is 5.92 Å². The van der Waals surface area contributed by atoms with Crippen LogP contribution in [0.4, 0.5) is 0 Å². The van der Waals surface area contributed by atoms with Gasteiger partial charge < -0.3 is 34.6 Å². The molecule has 10 heteroatoms. The number of rotatable bonds is 6. The van der Waals surface area contributed by atoms with E-state index in [4.69, 9.17) is 19.3 Å². The minimum absolute atomic E-state index is 0.276. The summed E-state index contributed by atoms with van der Waals surface area (Å²) in [5, 5.41) is 29.6. The molecule has 5 unspecified atom stereocenters. The van der Waals surface area contributed by atoms with Crippen molar-refractivity contribution < 1.29 is 43.7 Å². The Balaban J connectivity index is 2.12. The summed E-state index contributed by atoms with van der Waals surface area (Å²) in [6, 6.07) is 6.60. The topological polar surface area (TPSA) is 146 Å². The number of benzene rings is 1. The summed E-state index contributed by atoms with van der Waals surface area (Å²) in [7, 11) is -4.72. The van der Waals surface area contributed by atoms with Gasteiger partial charge in [-0.15, -0.1) is 0 Å². The Bertz CT molecular complexity index is 589. The smallest absolute Gasteiger partial charge is 0.462 e. The first-order valence-corrected chi connectivity index (χ1v) is 8.83. The van der Waals surface area contributed by atoms with E-state index in [1.54, 1.807) is 31.2 Å². The van der Waals surface area contributed by atoms with Crippen LogP contribution < -0.4 is 4.74 Å². The molecule has 1 aliphatic heterocycles. The third-order valence-electron chi connectivity index (χ3n) is 3.84. The van der Waals surface area contributed by atoms with Crippen LogP contribution in [0.15, 0.2) is 24.3 Å². The highest BCUT2D eigenvalue weighted by Crippen LogP contribution is 2.37. The van der Waals surface area contributed by atoms with Gasteiger partial charge in [0.1, 0.15) is 18.0 Å². The van der Waals surface area contributed by atoms with Crippen molar-refractivity contribution >= 4 is 7.82 Å². The van der Waals surface area contributed by atoms with E-state index in [1.807, 2.05) is 0 Å². The maximum Gasteiger partial charge on any atom is 0.469 e. The van der Waals surface area contributed by atoms with Crippen LogP contribution in [0.1, 0.15) is 12.5 Å². The average molecular weight is 364 g/mol. The summed E-state index contributed by atoms with van der Waals surface area (Å²) >= 11 is 0. The molecule has 0 aromatic heterocycles. The molecule has 0 bridgehead atoms. The Morgan fingerprint density at radius 3 is 2.50 bits per heavy atom. The van der Waals surface area contributed by atoms with E-state index in [-0.39, 0.29) is 6.61 Å². The van der Waals surface area contributed by atoms with Crippen molar-refractivity contribution in [3.8, 4) is 5.75 Å². The quantitative estimate of drug-likeness (QED) is 0.431. The zero-order chi connectivity index (χ0) is 17.9. The van der Waals surface area contributed by atoms with Gasteiger partial charge in [-0.3, -0.25) is 4.52 Å². The van der Waals surface area contributed by atoms with Crippen LogP contribution in [0.2, 0.25) is 0 Å². The summed E-state index contributed by atoms with van der Waals surface area (Å²) in [6.07, 6.45) is -4.67. The van der Waals surface area contributed by atoms with E-state index >= 15 is 0 Å². The van der Waals surface area contributed by atoms with Crippen molar-refractivity contribution in [2.24, 2.45) is 5.92 Å². The Morgan fingerprint density at radius 1 is 1.21 bits per heavy atom. The monoisotopic (exact) mass is 364 g/mol. The molecule has 2 rings (SSSR count). The number of hydrogen-bond donors (Lipinski definition) is 5. The fraction of sp³-hybridized carbons (Fsp3) is 0.571. The van der Waals surface area contributed by atoms with Crippen LogP contribution in [0.5, 0.6) is 5.75 Å². The maximum absolute atomic E-state index is 10.8. The molecule has 0 saturated carbocycles. The molecule has 0 spiro atoms. The number of ether oxygens (including phenoxy) is 2. The normalized spacial score (nSPS) is 31.0. The lowest BCUT2D eigenvalue weighted by atomic mass is 9.91. The summed E-state index contributed by atoms with van der Waals surface area (Å²) in [5.74, 6) is -0.391. The van der Waals surface area contributed by atoms with Crippen molar-refractivity contribution in [2.45, 2.75) is 38.1 Å². The van der Waals surface area contributed by atoms with Crippen LogP contribution in [0.25, 0.3) is 0 Å². The number of phosphoric acid groups is 1. The lowest BCUT2D eigenvalue weighted by Gasteiger charge is -2.41. The number of aliphatic hydroxyl groups excluding tert-OH is 3. The first-order valence-electron chi connectivity index (χ1n) is 7.30. The van der Waals surface area contributed by atoms with Crippen molar-refractivity contribution in [3.05, 3.63) is 29.8 Å². The minimum Gasteiger partial charge on any atom is -0.462 e. The third-order valence-corrected chi connectivity index (χ3v) is 4.32. The van der Waals surface area contributed by atoms with E-state index in [2.05, 4.69) is 4.52 Å². The SMILES string of the molecule is CC1C(O)C(COP(=O)(O)O)OC(Oc2ccccc2CO)C1O. The second-order valence-corrected chi connectivity index (χ2v) is 6.79. The van der Waals surface area contributed by atoms with Gasteiger partial charge in [-0.2, -0.15) is 0 Å². The van der Waals surface area contributed by atoms with Gasteiger partial charge in [0.25, 0.3) is 0 Å². The van der Waals surface area contributed by atoms with Crippen LogP contribution in [-0.4, -0.2) is 56.3 Å². The van der Waals surface area contributed by atoms with Crippen molar-refractivity contribution in [3.63, 3.8) is 0 Å². The highest BCUT2D eigenvalue weighted by Gasteiger charge is 2.44. The van der Waals surface area contributed by atoms with Gasteiger partial charge >= 0.3 is 7.82 Å². The molecule has 24 heavy (non-hydrogen) atoms. The summed E-state index contributed by atoms with van der Waals surface area (Å²) in [4.78, 5) is 17.5. The van der Waals surface area contributed by atoms with Crippen LogP contribution in [-0.2, 0) is 20.4 Å². The predicted molar refractivity (Wildman–Crippen MR) is 80.8 cm³/mol. The fourth-order valence-electron chi connectivity index (χ4n) is 2.40. The summed E-state index contributed by atoms with van der Waals surface area (Å²) in [6.45, 7) is 0.711. The maximum atomic E-state index is 10.8. The van der Waals surface area contributed by atoms with Crippen LogP contribution >= 0.6 is 7.82 Å². The molecular weight excluding hydrogens is 343 g/mol. The minimum atomic E-state index is -4.72. The zero-order valence-electron chi connectivity index (χ0n) is 12.9. The van der Waals surface area contributed by atoms with Gasteiger partial charge in [-0.25, -0.2) is 4.57 Å². The zero-order valence-corrected chi connectivity index (χ0v) is 13.8. The van der Waals surface area contributed by atoms with Crippen molar-refractivity contribution in [1.82, 2.24) is 0 Å². The Labute approximate surface area is 138 Å². The van der Waals surface area contributed by atoms with Gasteiger partial charge in [0, 0.05) is 11.5 Å². The van der Waals surface area contributed by atoms with Gasteiger partial charge in [0.15, 0.2) is 0 Å². The lowest BCUT2D eigenvalue weighted by Crippen LogP contribution is -2.56. The van der Waals surface area contributed by atoms with Crippen LogP contribution in [0.3, 0.4) is 0 Å². The molecule has 1 aromatic rings. The lowest BCUT2D eigenvalue weighted by molar-refractivity contribution is -0.260. The molecule has 1 fully saturated rings. The standard InChI is InChI=1S/C14H21O9P/c1-8-12(16)11(7-21-24(18,19)20)23-14(13(8)17)22-10-5-3-2-4-9(10)6-15/h2-5,8,11-17H,6-7H2,1H3,(H2,18,19,20). The van der Waals surface area contributed by atoms with Gasteiger partial charge in [0.2, 0.25) is 6.29 Å². The molecule has 1 heterocycles. The molecule has 5 N–H and O–H groups in total. The molecule has 5 atom stereocenters. The Hall–Kier alpha value is -1.03. The van der Waals surface area contributed by atoms with Gasteiger partial charge in [-0.05, 0) is 6.07 Å². The molecule has 9 nitrogen and oxygen atoms in total. The second kappa shape index (κ2) is 7.90. The van der Waals surface area contributed by atoms with E-state index in [0.29, 0.717) is 11.3 Å². The van der Waals surface area contributed by atoms with E-state index in [0.717, 1.165) is 0 Å². The molecule has 0 aliphatic carbocycles. The number of aliphatic hydroxyl groups is 3. The van der Waals surface area contributed by atoms with Crippen molar-refractivity contribution in [1.29, 1.82) is 0 Å². The Kier molecular flexibility index (Phi) is 6.35. The fourth-order valence-corrected chi connectivity index (χ4v) is 2.74. The first-order chi connectivity index (χ1) is 11.2. The molecule has 1 aliphatic rings. The summed E-state index contributed by atoms with van der Waals surface area (Å²) in [5.41, 5.74) is 0.482. The molecular formula is C14H21O9P. The second-order valence-electron chi connectivity index (χ2n) is 5.55. The molecule has 136 valence electrons. The predicted octanol–water partition coefficient (Wildman–Crippen LogP) is -0.250. The summed E-state index contributed by atoms with van der Waals surface area (Å²) < 4.78 is 26.2. The highest BCUT2D eigenvalue weighted by atomic mass is 31.2. The third kappa shape index (κ3) is 4.75.